The molecule has 1 atom stereocenters. The summed E-state index contributed by atoms with van der Waals surface area (Å²) in [4.78, 5) is 38.3. The Morgan fingerprint density at radius 3 is 0.762 bits per heavy atom. The Bertz CT molecular complexity index is 1650. The molecule has 0 aromatic heterocycles. The fraction of sp³-hybridized carbons (Fsp3) is 0.689. The summed E-state index contributed by atoms with van der Waals surface area (Å²) >= 11 is 0. The molecule has 0 rings (SSSR count). The van der Waals surface area contributed by atoms with Gasteiger partial charge in [0.25, 0.3) is 0 Å². The average Bonchev–Trinajstić information content (AvgIpc) is 3.46. The second kappa shape index (κ2) is 67.3. The molecule has 6 nitrogen and oxygen atoms in total. The van der Waals surface area contributed by atoms with Crippen LogP contribution in [0.4, 0.5) is 0 Å². The maximum atomic E-state index is 12.9. The summed E-state index contributed by atoms with van der Waals surface area (Å²) in [6, 6.07) is 0. The first-order valence-electron chi connectivity index (χ1n) is 33.5. The largest absolute Gasteiger partial charge is 0.462 e. The third kappa shape index (κ3) is 64.6. The van der Waals surface area contributed by atoms with E-state index in [9.17, 15) is 14.4 Å². The van der Waals surface area contributed by atoms with Crippen molar-refractivity contribution in [1.29, 1.82) is 0 Å². The van der Waals surface area contributed by atoms with Crippen LogP contribution in [-0.4, -0.2) is 37.2 Å². The van der Waals surface area contributed by atoms with Crippen molar-refractivity contribution in [3.05, 3.63) is 122 Å². The minimum Gasteiger partial charge on any atom is -0.462 e. The zero-order valence-corrected chi connectivity index (χ0v) is 52.3. The Labute approximate surface area is 494 Å². The molecule has 0 fully saturated rings. The fourth-order valence-corrected chi connectivity index (χ4v) is 9.26. The number of ether oxygens (including phenoxy) is 3. The lowest BCUT2D eigenvalue weighted by Crippen LogP contribution is -2.30. The summed E-state index contributed by atoms with van der Waals surface area (Å²) in [5.41, 5.74) is 0. The number of hydrogen-bond acceptors (Lipinski definition) is 6. The lowest BCUT2D eigenvalue weighted by atomic mass is 10.0. The first kappa shape index (κ1) is 75.8. The van der Waals surface area contributed by atoms with Gasteiger partial charge in [-0.2, -0.15) is 0 Å². The Kier molecular flexibility index (Phi) is 63.8. The Morgan fingerprint density at radius 2 is 0.487 bits per heavy atom. The fourth-order valence-electron chi connectivity index (χ4n) is 9.26. The zero-order valence-electron chi connectivity index (χ0n) is 52.3. The van der Waals surface area contributed by atoms with Crippen LogP contribution in [0.1, 0.15) is 310 Å². The number of allylic oxidation sites excluding steroid dienone is 20. The lowest BCUT2D eigenvalue weighted by Gasteiger charge is -2.18. The van der Waals surface area contributed by atoms with Gasteiger partial charge in [-0.1, -0.05) is 303 Å². The molecule has 0 aromatic carbocycles. The first-order valence-corrected chi connectivity index (χ1v) is 33.5. The highest BCUT2D eigenvalue weighted by Crippen LogP contribution is 2.16. The summed E-state index contributed by atoms with van der Waals surface area (Å²) in [7, 11) is 0. The van der Waals surface area contributed by atoms with Gasteiger partial charge in [-0.15, -0.1) is 0 Å². The molecule has 456 valence electrons. The van der Waals surface area contributed by atoms with E-state index < -0.39 is 6.10 Å². The van der Waals surface area contributed by atoms with Crippen molar-refractivity contribution in [2.24, 2.45) is 0 Å². The number of hydrogen-bond donors (Lipinski definition) is 0. The smallest absolute Gasteiger partial charge is 0.306 e. The van der Waals surface area contributed by atoms with Gasteiger partial charge in [-0.25, -0.2) is 0 Å². The van der Waals surface area contributed by atoms with E-state index in [1.54, 1.807) is 0 Å². The Balaban J connectivity index is 4.24. The summed E-state index contributed by atoms with van der Waals surface area (Å²) in [5.74, 6) is -0.887. The monoisotopic (exact) mass is 1110 g/mol. The highest BCUT2D eigenvalue weighted by molar-refractivity contribution is 5.71. The molecular formula is C74H124O6. The van der Waals surface area contributed by atoms with Gasteiger partial charge >= 0.3 is 17.9 Å². The van der Waals surface area contributed by atoms with E-state index >= 15 is 0 Å². The normalized spacial score (nSPS) is 12.9. The SMILES string of the molecule is CC/C=C\C/C=C\C/C=C\C/C=C\C/C=C\CCCCCCCCCCCCCCCC(=O)OCC(COC(=O)CCCCCCCCCCCC)OC(=O)CCCCCCCCC/C=C\C/C=C\C/C=C\C/C=C\C/C=C\CC. The van der Waals surface area contributed by atoms with Crippen molar-refractivity contribution < 1.29 is 28.6 Å². The number of carbonyl (C=O) groups excluding carboxylic acids is 3. The summed E-state index contributed by atoms with van der Waals surface area (Å²) < 4.78 is 16.9. The molecule has 0 saturated heterocycles. The van der Waals surface area contributed by atoms with Crippen molar-refractivity contribution in [3.8, 4) is 0 Å². The number of unbranched alkanes of at least 4 members (excludes halogenated alkanes) is 29. The maximum absolute atomic E-state index is 12.9. The van der Waals surface area contributed by atoms with E-state index in [1.165, 1.54) is 141 Å². The second-order valence-corrected chi connectivity index (χ2v) is 22.0. The van der Waals surface area contributed by atoms with Gasteiger partial charge < -0.3 is 14.2 Å². The highest BCUT2D eigenvalue weighted by Gasteiger charge is 2.19. The van der Waals surface area contributed by atoms with E-state index in [4.69, 9.17) is 14.2 Å². The topological polar surface area (TPSA) is 78.9 Å². The van der Waals surface area contributed by atoms with Gasteiger partial charge in [-0.3, -0.25) is 14.4 Å². The van der Waals surface area contributed by atoms with Gasteiger partial charge in [0.1, 0.15) is 13.2 Å². The quantitative estimate of drug-likeness (QED) is 0.0261. The molecule has 0 amide bonds. The Morgan fingerprint density at radius 1 is 0.263 bits per heavy atom. The van der Waals surface area contributed by atoms with E-state index in [0.29, 0.717) is 19.3 Å². The molecule has 1 unspecified atom stereocenters. The van der Waals surface area contributed by atoms with Crippen molar-refractivity contribution in [3.63, 3.8) is 0 Å². The van der Waals surface area contributed by atoms with Crippen LogP contribution in [0.15, 0.2) is 122 Å². The Hall–Kier alpha value is -4.19. The van der Waals surface area contributed by atoms with Gasteiger partial charge in [-0.05, 0) is 109 Å². The minimum atomic E-state index is -0.786. The van der Waals surface area contributed by atoms with E-state index in [1.807, 2.05) is 0 Å². The highest BCUT2D eigenvalue weighted by atomic mass is 16.6. The average molecular weight is 1110 g/mol. The van der Waals surface area contributed by atoms with Gasteiger partial charge in [0.2, 0.25) is 0 Å². The van der Waals surface area contributed by atoms with Crippen LogP contribution < -0.4 is 0 Å². The van der Waals surface area contributed by atoms with Crippen LogP contribution in [-0.2, 0) is 28.6 Å². The summed E-state index contributed by atoms with van der Waals surface area (Å²) in [6.07, 6.45) is 93.6. The lowest BCUT2D eigenvalue weighted by molar-refractivity contribution is -0.167. The number of esters is 3. The molecule has 0 aliphatic rings. The van der Waals surface area contributed by atoms with Gasteiger partial charge in [0.05, 0.1) is 0 Å². The van der Waals surface area contributed by atoms with Gasteiger partial charge in [0, 0.05) is 19.3 Å². The molecule has 0 aliphatic carbocycles. The van der Waals surface area contributed by atoms with Gasteiger partial charge in [0.15, 0.2) is 6.10 Å². The van der Waals surface area contributed by atoms with E-state index in [0.717, 1.165) is 128 Å². The molecule has 0 heterocycles. The molecule has 0 radical (unpaired) electrons. The third-order valence-corrected chi connectivity index (χ3v) is 14.2. The minimum absolute atomic E-state index is 0.0817. The van der Waals surface area contributed by atoms with Crippen molar-refractivity contribution in [1.82, 2.24) is 0 Å². The molecule has 0 aliphatic heterocycles. The van der Waals surface area contributed by atoms with E-state index in [2.05, 4.69) is 142 Å². The molecular weight excluding hydrogens is 985 g/mol. The van der Waals surface area contributed by atoms with Crippen molar-refractivity contribution in [2.75, 3.05) is 13.2 Å². The molecule has 0 saturated carbocycles. The molecule has 0 N–H and O–H groups in total. The van der Waals surface area contributed by atoms with Crippen LogP contribution in [0.3, 0.4) is 0 Å². The molecule has 0 aromatic rings. The molecule has 0 bridgehead atoms. The van der Waals surface area contributed by atoms with Crippen LogP contribution >= 0.6 is 0 Å². The first-order chi connectivity index (χ1) is 39.5. The third-order valence-electron chi connectivity index (χ3n) is 14.2. The van der Waals surface area contributed by atoms with Crippen molar-refractivity contribution >= 4 is 17.9 Å². The summed E-state index contributed by atoms with van der Waals surface area (Å²) in [5, 5.41) is 0. The molecule has 6 heteroatoms. The van der Waals surface area contributed by atoms with Crippen LogP contribution in [0, 0.1) is 0 Å². The summed E-state index contributed by atoms with van der Waals surface area (Å²) in [6.45, 7) is 6.41. The zero-order chi connectivity index (χ0) is 57.8. The van der Waals surface area contributed by atoms with Crippen LogP contribution in [0.25, 0.3) is 0 Å². The number of rotatable bonds is 60. The van der Waals surface area contributed by atoms with Crippen LogP contribution in [0.5, 0.6) is 0 Å². The van der Waals surface area contributed by atoms with Crippen molar-refractivity contribution in [2.45, 2.75) is 316 Å². The number of carbonyl (C=O) groups is 3. The van der Waals surface area contributed by atoms with Crippen LogP contribution in [0.2, 0.25) is 0 Å². The molecule has 80 heavy (non-hydrogen) atoms. The van der Waals surface area contributed by atoms with E-state index in [-0.39, 0.29) is 31.1 Å². The second-order valence-electron chi connectivity index (χ2n) is 22.0. The standard InChI is InChI=1S/C74H124O6/c1-4-7-10-13-16-19-22-24-26-28-30-32-34-35-36-37-38-39-41-42-44-46-48-50-52-55-58-61-64-67-73(76)79-70-71(69-78-72(75)66-63-60-57-54-21-18-15-12-9-6-3)80-74(77)68-65-62-59-56-53-51-49-47-45-43-40-33-31-29-27-25-23-20-17-14-11-8-5-2/h7-8,10-11,16-17,19-20,24-27,30-33,35-36,43,45,71H,4-6,9,12-15,18,21-23,28-29,34,37-42,44,46-70H2,1-3H3/b10-7-,11-8-,19-16-,20-17-,26-24-,27-25-,32-30-,33-31-,36-35-,45-43-. The molecule has 0 spiro atoms. The maximum Gasteiger partial charge on any atom is 0.306 e. The predicted molar refractivity (Wildman–Crippen MR) is 348 cm³/mol. The predicted octanol–water partition coefficient (Wildman–Crippen LogP) is 23.2.